The zero-order valence-corrected chi connectivity index (χ0v) is 20.8. The minimum atomic E-state index is 0.129. The zero-order chi connectivity index (χ0) is 24.0. The fraction of sp³-hybridized carbons (Fsp3) is 0.290. The van der Waals surface area contributed by atoms with Crippen LogP contribution in [0.4, 0.5) is 0 Å². The number of imidazole rings is 1. The first-order chi connectivity index (χ1) is 17.0. The summed E-state index contributed by atoms with van der Waals surface area (Å²) >= 11 is 0. The average Bonchev–Trinajstić information content (AvgIpc) is 3.27. The SMILES string of the molecule is CC(C)(C)c1ccc(-c2nc3cc(-c4ccc5ccccc5c4)cnc3n2C2CCNCC2)cc1. The molecule has 0 aliphatic carbocycles. The molecule has 0 spiro atoms. The summed E-state index contributed by atoms with van der Waals surface area (Å²) in [6, 6.07) is 26.6. The van der Waals surface area contributed by atoms with Crippen LogP contribution in [0.5, 0.6) is 0 Å². The third-order valence-electron chi connectivity index (χ3n) is 7.30. The Morgan fingerprint density at radius 3 is 2.26 bits per heavy atom. The quantitative estimate of drug-likeness (QED) is 0.311. The van der Waals surface area contributed by atoms with Crippen LogP contribution in [-0.4, -0.2) is 27.6 Å². The fourth-order valence-electron chi connectivity index (χ4n) is 5.24. The highest BCUT2D eigenvalue weighted by Crippen LogP contribution is 2.34. The van der Waals surface area contributed by atoms with Crippen molar-refractivity contribution in [1.29, 1.82) is 0 Å². The van der Waals surface area contributed by atoms with Gasteiger partial charge in [0.2, 0.25) is 0 Å². The number of fused-ring (bicyclic) bond motifs is 2. The van der Waals surface area contributed by atoms with Crippen LogP contribution < -0.4 is 5.32 Å². The number of nitrogens with one attached hydrogen (secondary N) is 1. The van der Waals surface area contributed by atoms with Gasteiger partial charge in [0, 0.05) is 23.4 Å². The van der Waals surface area contributed by atoms with Gasteiger partial charge in [-0.15, -0.1) is 0 Å². The molecular formula is C31H32N4. The van der Waals surface area contributed by atoms with Crippen LogP contribution >= 0.6 is 0 Å². The average molecular weight is 461 g/mol. The van der Waals surface area contributed by atoms with E-state index >= 15 is 0 Å². The first-order valence-corrected chi connectivity index (χ1v) is 12.7. The molecule has 3 heterocycles. The lowest BCUT2D eigenvalue weighted by Gasteiger charge is -2.26. The molecule has 1 aliphatic heterocycles. The largest absolute Gasteiger partial charge is 0.317 e. The lowest BCUT2D eigenvalue weighted by atomic mass is 9.86. The molecule has 1 aliphatic rings. The molecule has 0 atom stereocenters. The number of piperidine rings is 1. The van der Waals surface area contributed by atoms with Gasteiger partial charge in [-0.25, -0.2) is 9.97 Å². The highest BCUT2D eigenvalue weighted by Gasteiger charge is 2.24. The summed E-state index contributed by atoms with van der Waals surface area (Å²) in [6.07, 6.45) is 4.19. The van der Waals surface area contributed by atoms with Crippen LogP contribution in [0.3, 0.4) is 0 Å². The molecule has 35 heavy (non-hydrogen) atoms. The van der Waals surface area contributed by atoms with E-state index in [4.69, 9.17) is 9.97 Å². The van der Waals surface area contributed by atoms with Gasteiger partial charge in [0.25, 0.3) is 0 Å². The lowest BCUT2D eigenvalue weighted by molar-refractivity contribution is 0.376. The number of aromatic nitrogens is 3. The van der Waals surface area contributed by atoms with Gasteiger partial charge in [0.1, 0.15) is 11.3 Å². The van der Waals surface area contributed by atoms with Crippen molar-refractivity contribution < 1.29 is 0 Å². The normalized spacial score (nSPS) is 15.2. The highest BCUT2D eigenvalue weighted by molar-refractivity contribution is 5.89. The van der Waals surface area contributed by atoms with Crippen LogP contribution in [-0.2, 0) is 5.41 Å². The van der Waals surface area contributed by atoms with Crippen LogP contribution in [0.2, 0.25) is 0 Å². The maximum atomic E-state index is 5.18. The molecule has 0 saturated carbocycles. The molecular weight excluding hydrogens is 428 g/mol. The van der Waals surface area contributed by atoms with Gasteiger partial charge >= 0.3 is 0 Å². The minimum Gasteiger partial charge on any atom is -0.317 e. The Morgan fingerprint density at radius 1 is 0.800 bits per heavy atom. The number of benzene rings is 3. The first-order valence-electron chi connectivity index (χ1n) is 12.7. The summed E-state index contributed by atoms with van der Waals surface area (Å²) in [6.45, 7) is 8.82. The summed E-state index contributed by atoms with van der Waals surface area (Å²) < 4.78 is 2.40. The number of pyridine rings is 1. The van der Waals surface area contributed by atoms with Crippen molar-refractivity contribution in [3.05, 3.63) is 84.6 Å². The lowest BCUT2D eigenvalue weighted by Crippen LogP contribution is -2.29. The maximum Gasteiger partial charge on any atom is 0.160 e. The van der Waals surface area contributed by atoms with E-state index in [1.165, 1.54) is 21.9 Å². The second-order valence-corrected chi connectivity index (χ2v) is 10.7. The van der Waals surface area contributed by atoms with E-state index < -0.39 is 0 Å². The van der Waals surface area contributed by atoms with E-state index in [9.17, 15) is 0 Å². The highest BCUT2D eigenvalue weighted by atomic mass is 15.2. The Kier molecular flexibility index (Phi) is 5.42. The van der Waals surface area contributed by atoms with Crippen molar-refractivity contribution >= 4 is 21.9 Å². The number of nitrogens with zero attached hydrogens (tertiary/aromatic N) is 3. The summed E-state index contributed by atoms with van der Waals surface area (Å²) in [5, 5.41) is 5.99. The van der Waals surface area contributed by atoms with Gasteiger partial charge in [-0.1, -0.05) is 81.4 Å². The summed E-state index contributed by atoms with van der Waals surface area (Å²) in [5.74, 6) is 1.02. The van der Waals surface area contributed by atoms with Gasteiger partial charge in [0.05, 0.1) is 0 Å². The summed E-state index contributed by atoms with van der Waals surface area (Å²) in [7, 11) is 0. The Bertz CT molecular complexity index is 1500. The van der Waals surface area contributed by atoms with Crippen molar-refractivity contribution in [3.63, 3.8) is 0 Å². The monoisotopic (exact) mass is 460 g/mol. The molecule has 4 heteroatoms. The Labute approximate surface area is 207 Å². The molecule has 3 aromatic carbocycles. The Balaban J connectivity index is 1.48. The predicted molar refractivity (Wildman–Crippen MR) is 146 cm³/mol. The van der Waals surface area contributed by atoms with Crippen molar-refractivity contribution in [2.75, 3.05) is 13.1 Å². The zero-order valence-electron chi connectivity index (χ0n) is 20.8. The maximum absolute atomic E-state index is 5.18. The number of hydrogen-bond acceptors (Lipinski definition) is 3. The standard InChI is InChI=1S/C31H32N4/c1-31(2,3)26-12-10-22(11-13-26)29-34-28-19-25(24-9-8-21-6-4-5-7-23(21)18-24)20-33-30(28)35(29)27-14-16-32-17-15-27/h4-13,18-20,27,32H,14-17H2,1-3H3. The van der Waals surface area contributed by atoms with Gasteiger partial charge in [0.15, 0.2) is 5.65 Å². The van der Waals surface area contributed by atoms with Gasteiger partial charge < -0.3 is 9.88 Å². The van der Waals surface area contributed by atoms with Crippen LogP contribution in [0.25, 0.3) is 44.5 Å². The van der Waals surface area contributed by atoms with Crippen LogP contribution in [0.1, 0.15) is 45.2 Å². The summed E-state index contributed by atoms with van der Waals surface area (Å²) in [4.78, 5) is 10.2. The molecule has 1 N–H and O–H groups in total. The van der Waals surface area contributed by atoms with E-state index in [1.807, 2.05) is 6.20 Å². The molecule has 0 radical (unpaired) electrons. The van der Waals surface area contributed by atoms with Crippen LogP contribution in [0, 0.1) is 0 Å². The van der Waals surface area contributed by atoms with Crippen molar-refractivity contribution in [2.24, 2.45) is 0 Å². The van der Waals surface area contributed by atoms with Crippen molar-refractivity contribution in [1.82, 2.24) is 19.9 Å². The van der Waals surface area contributed by atoms with E-state index in [0.29, 0.717) is 6.04 Å². The molecule has 0 bridgehead atoms. The van der Waals surface area contributed by atoms with E-state index in [1.54, 1.807) is 0 Å². The minimum absolute atomic E-state index is 0.129. The van der Waals surface area contributed by atoms with Gasteiger partial charge in [-0.05, 0) is 65.4 Å². The van der Waals surface area contributed by atoms with Gasteiger partial charge in [-0.3, -0.25) is 0 Å². The molecule has 1 saturated heterocycles. The van der Waals surface area contributed by atoms with Crippen molar-refractivity contribution in [2.45, 2.75) is 45.1 Å². The molecule has 176 valence electrons. The molecule has 0 amide bonds. The number of hydrogen-bond donors (Lipinski definition) is 1. The molecule has 5 aromatic rings. The molecule has 6 rings (SSSR count). The van der Waals surface area contributed by atoms with E-state index in [-0.39, 0.29) is 5.41 Å². The third-order valence-corrected chi connectivity index (χ3v) is 7.30. The smallest absolute Gasteiger partial charge is 0.160 e. The van der Waals surface area contributed by atoms with Crippen LogP contribution in [0.15, 0.2) is 79.0 Å². The molecule has 0 unspecified atom stereocenters. The molecule has 2 aromatic heterocycles. The van der Waals surface area contributed by atoms with Crippen molar-refractivity contribution in [3.8, 4) is 22.5 Å². The Morgan fingerprint density at radius 2 is 1.51 bits per heavy atom. The topological polar surface area (TPSA) is 42.7 Å². The fourth-order valence-corrected chi connectivity index (χ4v) is 5.24. The first kappa shape index (κ1) is 22.0. The van der Waals surface area contributed by atoms with E-state index in [2.05, 4.69) is 103 Å². The summed E-state index contributed by atoms with van der Waals surface area (Å²) in [5.41, 5.74) is 6.84. The predicted octanol–water partition coefficient (Wildman–Crippen LogP) is 7.14. The Hall–Kier alpha value is -3.50. The van der Waals surface area contributed by atoms with Gasteiger partial charge in [-0.2, -0.15) is 0 Å². The number of rotatable bonds is 3. The second kappa shape index (κ2) is 8.62. The second-order valence-electron chi connectivity index (χ2n) is 10.7. The van der Waals surface area contributed by atoms with E-state index in [0.717, 1.165) is 54.0 Å². The molecule has 4 nitrogen and oxygen atoms in total. The third kappa shape index (κ3) is 4.12. The molecule has 1 fully saturated rings.